The number of benzene rings is 4. The molecular formula is C30H22N4O. The first-order valence-corrected chi connectivity index (χ1v) is 11.4. The lowest BCUT2D eigenvalue weighted by Gasteiger charge is -2.10. The predicted molar refractivity (Wildman–Crippen MR) is 138 cm³/mol. The van der Waals surface area contributed by atoms with Gasteiger partial charge in [0.2, 0.25) is 11.8 Å². The molecule has 6 aromatic rings. The third kappa shape index (κ3) is 4.23. The molecule has 0 spiro atoms. The SMILES string of the molecule is c1ccc(-c2cc(Oc3cc(-c4ccccc4)nn3-c3ccccc3)n(-c3ccccc3)n2)cc1. The molecule has 0 bridgehead atoms. The molecule has 0 atom stereocenters. The van der Waals surface area contributed by atoms with Crippen LogP contribution in [0.1, 0.15) is 0 Å². The van der Waals surface area contributed by atoms with Gasteiger partial charge in [0.1, 0.15) is 0 Å². The topological polar surface area (TPSA) is 44.9 Å². The fraction of sp³-hybridized carbons (Fsp3) is 0. The molecule has 0 aliphatic carbocycles. The summed E-state index contributed by atoms with van der Waals surface area (Å²) in [4.78, 5) is 0. The lowest BCUT2D eigenvalue weighted by Crippen LogP contribution is -2.03. The van der Waals surface area contributed by atoms with Gasteiger partial charge in [0.05, 0.1) is 22.8 Å². The largest absolute Gasteiger partial charge is 0.420 e. The fourth-order valence-electron chi connectivity index (χ4n) is 3.99. The predicted octanol–water partition coefficient (Wildman–Crippen LogP) is 7.18. The highest BCUT2D eigenvalue weighted by Gasteiger charge is 2.18. The van der Waals surface area contributed by atoms with E-state index in [1.54, 1.807) is 0 Å². The Morgan fingerprint density at radius 2 is 0.771 bits per heavy atom. The van der Waals surface area contributed by atoms with Gasteiger partial charge in [0, 0.05) is 23.3 Å². The summed E-state index contributed by atoms with van der Waals surface area (Å²) in [6.07, 6.45) is 0. The number of para-hydroxylation sites is 2. The maximum absolute atomic E-state index is 6.55. The number of hydrogen-bond donors (Lipinski definition) is 0. The highest BCUT2D eigenvalue weighted by Crippen LogP contribution is 2.33. The molecule has 0 unspecified atom stereocenters. The van der Waals surface area contributed by atoms with Gasteiger partial charge in [-0.2, -0.15) is 10.2 Å². The second-order valence-corrected chi connectivity index (χ2v) is 8.06. The first-order chi connectivity index (χ1) is 17.3. The summed E-state index contributed by atoms with van der Waals surface area (Å²) < 4.78 is 10.2. The van der Waals surface area contributed by atoms with Gasteiger partial charge in [-0.05, 0) is 24.3 Å². The van der Waals surface area contributed by atoms with E-state index in [1.165, 1.54) is 0 Å². The number of hydrogen-bond acceptors (Lipinski definition) is 3. The van der Waals surface area contributed by atoms with Crippen LogP contribution >= 0.6 is 0 Å². The van der Waals surface area contributed by atoms with Crippen LogP contribution in [0.4, 0.5) is 0 Å². The third-order valence-electron chi connectivity index (χ3n) is 5.70. The average Bonchev–Trinajstić information content (AvgIpc) is 3.56. The minimum atomic E-state index is 0.603. The molecule has 0 saturated carbocycles. The van der Waals surface area contributed by atoms with E-state index >= 15 is 0 Å². The summed E-state index contributed by atoms with van der Waals surface area (Å²) >= 11 is 0. The zero-order valence-corrected chi connectivity index (χ0v) is 18.9. The molecule has 0 amide bonds. The van der Waals surface area contributed by atoms with Crippen LogP contribution in [-0.4, -0.2) is 19.6 Å². The van der Waals surface area contributed by atoms with Crippen LogP contribution in [0.15, 0.2) is 133 Å². The lowest BCUT2D eigenvalue weighted by atomic mass is 10.1. The Kier molecular flexibility index (Phi) is 5.41. The molecule has 0 aliphatic heterocycles. The minimum absolute atomic E-state index is 0.603. The van der Waals surface area contributed by atoms with E-state index in [9.17, 15) is 0 Å². The van der Waals surface area contributed by atoms with E-state index < -0.39 is 0 Å². The van der Waals surface area contributed by atoms with Crippen molar-refractivity contribution >= 4 is 0 Å². The second kappa shape index (κ2) is 9.15. The molecule has 4 aromatic carbocycles. The van der Waals surface area contributed by atoms with Crippen LogP contribution in [0.5, 0.6) is 11.8 Å². The number of ether oxygens (including phenoxy) is 1. The number of nitrogens with zero attached hydrogens (tertiary/aromatic N) is 4. The van der Waals surface area contributed by atoms with Crippen LogP contribution in [0.3, 0.4) is 0 Å². The summed E-state index contributed by atoms with van der Waals surface area (Å²) in [5.41, 5.74) is 5.54. The van der Waals surface area contributed by atoms with Crippen molar-refractivity contribution in [2.45, 2.75) is 0 Å². The highest BCUT2D eigenvalue weighted by molar-refractivity contribution is 5.63. The summed E-state index contributed by atoms with van der Waals surface area (Å²) in [5.74, 6) is 1.21. The normalized spacial score (nSPS) is 10.9. The van der Waals surface area contributed by atoms with Crippen molar-refractivity contribution in [3.8, 4) is 45.6 Å². The summed E-state index contributed by atoms with van der Waals surface area (Å²) in [5, 5.41) is 9.75. The maximum atomic E-state index is 6.55. The van der Waals surface area contributed by atoms with Gasteiger partial charge in [-0.1, -0.05) is 97.1 Å². The van der Waals surface area contributed by atoms with E-state index in [4.69, 9.17) is 14.9 Å². The van der Waals surface area contributed by atoms with Crippen LogP contribution in [0, 0.1) is 0 Å². The molecule has 5 heteroatoms. The van der Waals surface area contributed by atoms with E-state index in [1.807, 2.05) is 143 Å². The highest BCUT2D eigenvalue weighted by atomic mass is 16.5. The van der Waals surface area contributed by atoms with Crippen molar-refractivity contribution in [3.05, 3.63) is 133 Å². The van der Waals surface area contributed by atoms with Gasteiger partial charge < -0.3 is 4.74 Å². The molecule has 0 saturated heterocycles. The molecule has 0 radical (unpaired) electrons. The van der Waals surface area contributed by atoms with E-state index in [0.29, 0.717) is 11.8 Å². The van der Waals surface area contributed by atoms with E-state index in [0.717, 1.165) is 33.9 Å². The van der Waals surface area contributed by atoms with Gasteiger partial charge >= 0.3 is 0 Å². The Morgan fingerprint density at radius 3 is 1.14 bits per heavy atom. The molecular weight excluding hydrogens is 432 g/mol. The lowest BCUT2D eigenvalue weighted by molar-refractivity contribution is 0.413. The van der Waals surface area contributed by atoms with Gasteiger partial charge in [-0.3, -0.25) is 0 Å². The van der Waals surface area contributed by atoms with Crippen molar-refractivity contribution in [1.82, 2.24) is 19.6 Å². The molecule has 2 aromatic heterocycles. The Bertz CT molecular complexity index is 1420. The Balaban J connectivity index is 1.48. The van der Waals surface area contributed by atoms with Gasteiger partial charge in [-0.25, -0.2) is 9.36 Å². The van der Waals surface area contributed by atoms with Crippen molar-refractivity contribution in [1.29, 1.82) is 0 Å². The van der Waals surface area contributed by atoms with Gasteiger partial charge in [0.25, 0.3) is 0 Å². The fourth-order valence-corrected chi connectivity index (χ4v) is 3.99. The van der Waals surface area contributed by atoms with Crippen molar-refractivity contribution < 1.29 is 4.74 Å². The van der Waals surface area contributed by atoms with Crippen molar-refractivity contribution in [2.75, 3.05) is 0 Å². The van der Waals surface area contributed by atoms with Crippen LogP contribution in [0.2, 0.25) is 0 Å². The Morgan fingerprint density at radius 1 is 0.429 bits per heavy atom. The Labute approximate surface area is 203 Å². The molecule has 0 N–H and O–H groups in total. The Hall–Kier alpha value is -4.90. The summed E-state index contributed by atoms with van der Waals surface area (Å²) in [6, 6.07) is 44.1. The van der Waals surface area contributed by atoms with E-state index in [2.05, 4.69) is 0 Å². The first kappa shape index (κ1) is 20.7. The molecule has 35 heavy (non-hydrogen) atoms. The molecule has 2 heterocycles. The van der Waals surface area contributed by atoms with Crippen LogP contribution < -0.4 is 4.74 Å². The monoisotopic (exact) mass is 454 g/mol. The quantitative estimate of drug-likeness (QED) is 0.268. The van der Waals surface area contributed by atoms with Crippen molar-refractivity contribution in [3.63, 3.8) is 0 Å². The van der Waals surface area contributed by atoms with Crippen LogP contribution in [0.25, 0.3) is 33.9 Å². The number of aromatic nitrogens is 4. The minimum Gasteiger partial charge on any atom is -0.420 e. The third-order valence-corrected chi connectivity index (χ3v) is 5.70. The van der Waals surface area contributed by atoms with Crippen LogP contribution in [-0.2, 0) is 0 Å². The summed E-state index contributed by atoms with van der Waals surface area (Å²) in [7, 11) is 0. The smallest absolute Gasteiger partial charge is 0.225 e. The zero-order chi connectivity index (χ0) is 23.5. The standard InChI is InChI=1S/C30H22N4O/c1-5-13-23(14-6-1)27-21-29(33(31-27)25-17-9-3-10-18-25)35-30-22-28(24-15-7-2-8-16-24)32-34(30)26-19-11-4-12-20-26/h1-22H. The van der Waals surface area contributed by atoms with Gasteiger partial charge in [0.15, 0.2) is 0 Å². The van der Waals surface area contributed by atoms with E-state index in [-0.39, 0.29) is 0 Å². The molecule has 0 fully saturated rings. The first-order valence-electron chi connectivity index (χ1n) is 11.4. The molecule has 0 aliphatic rings. The second-order valence-electron chi connectivity index (χ2n) is 8.06. The average molecular weight is 455 g/mol. The molecule has 5 nitrogen and oxygen atoms in total. The maximum Gasteiger partial charge on any atom is 0.225 e. The molecule has 6 rings (SSSR count). The zero-order valence-electron chi connectivity index (χ0n) is 18.9. The number of rotatable bonds is 6. The molecule has 168 valence electrons. The van der Waals surface area contributed by atoms with Crippen molar-refractivity contribution in [2.24, 2.45) is 0 Å². The van der Waals surface area contributed by atoms with Gasteiger partial charge in [-0.15, -0.1) is 0 Å². The summed E-state index contributed by atoms with van der Waals surface area (Å²) in [6.45, 7) is 0.